The van der Waals surface area contributed by atoms with Gasteiger partial charge in [0.05, 0.1) is 0 Å². The van der Waals surface area contributed by atoms with E-state index in [0.29, 0.717) is 0 Å². The summed E-state index contributed by atoms with van der Waals surface area (Å²) in [6.07, 6.45) is 12.2. The maximum atomic E-state index is 14.8. The second-order valence-electron chi connectivity index (χ2n) is 10.2. The van der Waals surface area contributed by atoms with Crippen LogP contribution in [0.5, 0.6) is 0 Å². The van der Waals surface area contributed by atoms with Gasteiger partial charge in [0.15, 0.2) is 7.14 Å². The molecule has 1 fully saturated rings. The third kappa shape index (κ3) is 7.76. The molecule has 1 saturated heterocycles. The largest absolute Gasteiger partial charge is 0.309 e. The van der Waals surface area contributed by atoms with Crippen molar-refractivity contribution in [1.82, 2.24) is 0 Å². The van der Waals surface area contributed by atoms with Crippen LogP contribution in [-0.4, -0.2) is 11.3 Å². The van der Waals surface area contributed by atoms with Gasteiger partial charge in [-0.3, -0.25) is 0 Å². The zero-order valence-corrected chi connectivity index (χ0v) is 23.2. The molecular weight excluding hydrogens is 455 g/mol. The molecule has 2 aromatic carbocycles. The molecule has 0 spiro atoms. The SMILES string of the molecule is C=CCCCCC#CCCCCC#CP1(=O)C([C@@H](C)c2ccccc2)CCC1[C@@H](C)c1ccccc1. The first kappa shape index (κ1) is 28.1. The Morgan fingerprint density at radius 1 is 0.778 bits per heavy atom. The first-order chi connectivity index (χ1) is 17.6. The van der Waals surface area contributed by atoms with Crippen LogP contribution in [0, 0.1) is 23.4 Å². The lowest BCUT2D eigenvalue weighted by Crippen LogP contribution is -2.18. The average Bonchev–Trinajstić information content (AvgIpc) is 3.26. The molecule has 2 aromatic rings. The number of allylic oxidation sites excluding steroid dienone is 1. The van der Waals surface area contributed by atoms with Gasteiger partial charge in [-0.2, -0.15) is 0 Å². The fourth-order valence-corrected chi connectivity index (χ4v) is 9.46. The molecule has 0 bridgehead atoms. The van der Waals surface area contributed by atoms with E-state index in [1.807, 2.05) is 6.08 Å². The molecule has 4 atom stereocenters. The molecule has 2 unspecified atom stereocenters. The molecule has 0 radical (unpaired) electrons. The maximum absolute atomic E-state index is 14.8. The Balaban J connectivity index is 1.65. The highest BCUT2D eigenvalue weighted by molar-refractivity contribution is 7.70. The molecule has 1 aliphatic rings. The summed E-state index contributed by atoms with van der Waals surface area (Å²) in [5.74, 6) is 10.5. The molecule has 190 valence electrons. The van der Waals surface area contributed by atoms with E-state index in [9.17, 15) is 4.57 Å². The molecule has 0 aromatic heterocycles. The van der Waals surface area contributed by atoms with Crippen LogP contribution < -0.4 is 0 Å². The second-order valence-corrected chi connectivity index (χ2v) is 13.2. The van der Waals surface area contributed by atoms with Crippen molar-refractivity contribution in [1.29, 1.82) is 0 Å². The summed E-state index contributed by atoms with van der Waals surface area (Å²) in [5.41, 5.74) is 6.28. The van der Waals surface area contributed by atoms with Crippen LogP contribution in [0.3, 0.4) is 0 Å². The van der Waals surface area contributed by atoms with E-state index in [0.717, 1.165) is 57.8 Å². The van der Waals surface area contributed by atoms with Crippen molar-refractivity contribution in [2.75, 3.05) is 0 Å². The Hall–Kier alpha value is -2.47. The molecule has 0 N–H and O–H groups in total. The summed E-state index contributed by atoms with van der Waals surface area (Å²) in [6, 6.07) is 21.2. The summed E-state index contributed by atoms with van der Waals surface area (Å²) < 4.78 is 14.8. The molecule has 0 amide bonds. The fourth-order valence-electron chi connectivity index (χ4n) is 5.54. The number of rotatable bonds is 11. The van der Waals surface area contributed by atoms with Crippen molar-refractivity contribution < 1.29 is 4.57 Å². The molecule has 3 rings (SSSR count). The van der Waals surface area contributed by atoms with E-state index in [-0.39, 0.29) is 23.2 Å². The fraction of sp³-hybridized carbons (Fsp3) is 0.471. The molecular formula is C34H43OP. The predicted octanol–water partition coefficient (Wildman–Crippen LogP) is 9.76. The van der Waals surface area contributed by atoms with Crippen LogP contribution in [0.15, 0.2) is 73.3 Å². The molecule has 0 saturated carbocycles. The zero-order chi connectivity index (χ0) is 25.6. The van der Waals surface area contributed by atoms with Gasteiger partial charge in [0.2, 0.25) is 0 Å². The Bertz CT molecular complexity index is 1040. The van der Waals surface area contributed by atoms with Crippen molar-refractivity contribution in [3.05, 3.63) is 84.4 Å². The van der Waals surface area contributed by atoms with Gasteiger partial charge in [-0.1, -0.05) is 86.5 Å². The predicted molar refractivity (Wildman–Crippen MR) is 157 cm³/mol. The van der Waals surface area contributed by atoms with Crippen LogP contribution in [0.4, 0.5) is 0 Å². The van der Waals surface area contributed by atoms with Gasteiger partial charge in [-0.15, -0.1) is 18.4 Å². The zero-order valence-electron chi connectivity index (χ0n) is 22.3. The molecule has 2 heteroatoms. The lowest BCUT2D eigenvalue weighted by atomic mass is 9.91. The van der Waals surface area contributed by atoms with Gasteiger partial charge < -0.3 is 4.57 Å². The first-order valence-electron chi connectivity index (χ1n) is 13.8. The highest BCUT2D eigenvalue weighted by Gasteiger charge is 2.49. The van der Waals surface area contributed by atoms with Crippen molar-refractivity contribution in [3.8, 4) is 23.4 Å². The summed E-state index contributed by atoms with van der Waals surface area (Å²) in [7, 11) is -2.71. The van der Waals surface area contributed by atoms with E-state index in [4.69, 9.17) is 0 Å². The van der Waals surface area contributed by atoms with E-state index in [2.05, 4.69) is 105 Å². The summed E-state index contributed by atoms with van der Waals surface area (Å²) in [6.45, 7) is 8.26. The molecule has 36 heavy (non-hydrogen) atoms. The van der Waals surface area contributed by atoms with Crippen molar-refractivity contribution in [2.45, 2.75) is 101 Å². The van der Waals surface area contributed by atoms with Crippen LogP contribution in [0.2, 0.25) is 0 Å². The molecule has 1 aliphatic heterocycles. The molecule has 1 heterocycles. The third-order valence-electron chi connectivity index (χ3n) is 7.74. The molecule has 0 aliphatic carbocycles. The smallest absolute Gasteiger partial charge is 0.161 e. The van der Waals surface area contributed by atoms with Gasteiger partial charge in [0.25, 0.3) is 0 Å². The second kappa shape index (κ2) is 14.9. The van der Waals surface area contributed by atoms with Crippen LogP contribution in [-0.2, 0) is 4.57 Å². The summed E-state index contributed by atoms with van der Waals surface area (Å²) >= 11 is 0. The monoisotopic (exact) mass is 498 g/mol. The summed E-state index contributed by atoms with van der Waals surface area (Å²) in [4.78, 5) is 0. The van der Waals surface area contributed by atoms with Crippen molar-refractivity contribution >= 4 is 7.14 Å². The van der Waals surface area contributed by atoms with Gasteiger partial charge in [0, 0.05) is 30.6 Å². The normalized spacial score (nSPS) is 22.5. The highest BCUT2D eigenvalue weighted by Crippen LogP contribution is 2.68. The van der Waals surface area contributed by atoms with Gasteiger partial charge in [0.1, 0.15) is 0 Å². The highest BCUT2D eigenvalue weighted by atomic mass is 31.2. The van der Waals surface area contributed by atoms with E-state index < -0.39 is 7.14 Å². The van der Waals surface area contributed by atoms with Gasteiger partial charge in [-0.25, -0.2) is 0 Å². The Kier molecular flexibility index (Phi) is 11.7. The van der Waals surface area contributed by atoms with Gasteiger partial charge >= 0.3 is 0 Å². The average molecular weight is 499 g/mol. The van der Waals surface area contributed by atoms with E-state index >= 15 is 0 Å². The minimum Gasteiger partial charge on any atom is -0.309 e. The number of benzene rings is 2. The topological polar surface area (TPSA) is 17.1 Å². The van der Waals surface area contributed by atoms with Crippen molar-refractivity contribution in [2.24, 2.45) is 0 Å². The first-order valence-corrected chi connectivity index (χ1v) is 15.7. The molecule has 1 nitrogen and oxygen atoms in total. The van der Waals surface area contributed by atoms with Crippen LogP contribution in [0.1, 0.15) is 101 Å². The number of unbranched alkanes of at least 4 members (excludes halogenated alkanes) is 6. The lowest BCUT2D eigenvalue weighted by Gasteiger charge is -2.29. The minimum atomic E-state index is -2.71. The quantitative estimate of drug-likeness (QED) is 0.130. The van der Waals surface area contributed by atoms with Gasteiger partial charge in [-0.05, 0) is 73.6 Å². The maximum Gasteiger partial charge on any atom is 0.161 e. The Morgan fingerprint density at radius 2 is 1.22 bits per heavy atom. The summed E-state index contributed by atoms with van der Waals surface area (Å²) in [5, 5.41) is 0. The van der Waals surface area contributed by atoms with Crippen molar-refractivity contribution in [3.63, 3.8) is 0 Å². The standard InChI is InChI=1S/C34H43OP/c1-4-5-6-7-8-9-10-11-12-13-14-21-28-36(35)33(29(2)31-22-17-15-18-23-31)26-27-34(36)30(3)32-24-19-16-20-25-32/h4,15-20,22-25,29-30,33-34H,1,5-8,11-14,26-27H2,2-3H3/t29-,30-,33?,34?,36?/m0/s1. The van der Waals surface area contributed by atoms with E-state index in [1.165, 1.54) is 17.5 Å². The lowest BCUT2D eigenvalue weighted by molar-refractivity contribution is 0.558. The number of hydrogen-bond donors (Lipinski definition) is 0. The van der Waals surface area contributed by atoms with E-state index in [1.54, 1.807) is 0 Å². The van der Waals surface area contributed by atoms with Crippen LogP contribution >= 0.6 is 7.14 Å². The third-order valence-corrected chi connectivity index (χ3v) is 11.6. The minimum absolute atomic E-state index is 0.135. The Labute approximate surface area is 220 Å². The van der Waals surface area contributed by atoms with Crippen LogP contribution in [0.25, 0.3) is 0 Å². The Morgan fingerprint density at radius 3 is 1.69 bits per heavy atom. The number of hydrogen-bond acceptors (Lipinski definition) is 1.